The van der Waals surface area contributed by atoms with Crippen molar-refractivity contribution in [2.45, 2.75) is 20.3 Å². The van der Waals surface area contributed by atoms with Crippen LogP contribution in [0.5, 0.6) is 0 Å². The fourth-order valence-corrected chi connectivity index (χ4v) is 0.508. The molecule has 1 aliphatic carbocycles. The minimum atomic E-state index is 0. The number of hydrogen-bond acceptors (Lipinski definition) is 1. The summed E-state index contributed by atoms with van der Waals surface area (Å²) in [6.07, 6.45) is 1.47. The van der Waals surface area contributed by atoms with Crippen LogP contribution in [0.15, 0.2) is 0 Å². The molecular formula is C5H13N. The standard InChI is InChI=1S/C5H10.H3N/c1-4-3-5(4)2;/h4-5H,3H2,1-2H3;1H3. The Morgan fingerprint density at radius 1 is 1.17 bits per heavy atom. The summed E-state index contributed by atoms with van der Waals surface area (Å²) in [6, 6.07) is 0. The zero-order valence-corrected chi connectivity index (χ0v) is 4.57. The smallest absolute Gasteiger partial charge is 0.0414 e. The molecule has 0 aromatic rings. The molecule has 0 saturated heterocycles. The molecule has 1 nitrogen and oxygen atoms in total. The monoisotopic (exact) mass is 87.1 g/mol. The molecule has 0 aromatic heterocycles. The van der Waals surface area contributed by atoms with E-state index in [2.05, 4.69) is 13.8 Å². The van der Waals surface area contributed by atoms with Crippen molar-refractivity contribution < 1.29 is 0 Å². The van der Waals surface area contributed by atoms with Gasteiger partial charge in [0.25, 0.3) is 0 Å². The van der Waals surface area contributed by atoms with E-state index in [1.54, 1.807) is 0 Å². The van der Waals surface area contributed by atoms with Gasteiger partial charge in [-0.2, -0.15) is 0 Å². The molecule has 0 radical (unpaired) electrons. The van der Waals surface area contributed by atoms with Crippen LogP contribution in [0.25, 0.3) is 0 Å². The molecule has 0 spiro atoms. The number of rotatable bonds is 0. The summed E-state index contributed by atoms with van der Waals surface area (Å²) >= 11 is 0. The van der Waals surface area contributed by atoms with Crippen LogP contribution in [-0.2, 0) is 0 Å². The Labute approximate surface area is 39.3 Å². The summed E-state index contributed by atoms with van der Waals surface area (Å²) in [5.74, 6) is 2.10. The Hall–Kier alpha value is -0.0400. The fourth-order valence-electron chi connectivity index (χ4n) is 0.508. The van der Waals surface area contributed by atoms with Gasteiger partial charge in [0.05, 0.1) is 0 Å². The van der Waals surface area contributed by atoms with E-state index in [1.807, 2.05) is 0 Å². The lowest BCUT2D eigenvalue weighted by atomic mass is 10.4. The predicted molar refractivity (Wildman–Crippen MR) is 28.0 cm³/mol. The average molecular weight is 87.2 g/mol. The second kappa shape index (κ2) is 1.61. The van der Waals surface area contributed by atoms with E-state index in [-0.39, 0.29) is 6.15 Å². The lowest BCUT2D eigenvalue weighted by Gasteiger charge is -1.66. The van der Waals surface area contributed by atoms with Crippen LogP contribution in [0.4, 0.5) is 0 Å². The third-order valence-electron chi connectivity index (χ3n) is 1.51. The minimum absolute atomic E-state index is 0. The van der Waals surface area contributed by atoms with Crippen LogP contribution < -0.4 is 6.15 Å². The zero-order chi connectivity index (χ0) is 3.86. The molecule has 2 atom stereocenters. The highest BCUT2D eigenvalue weighted by molar-refractivity contribution is 4.76. The Balaban J connectivity index is 0.000000250. The molecule has 1 saturated carbocycles. The first-order valence-electron chi connectivity index (χ1n) is 2.30. The molecule has 2 unspecified atom stereocenters. The van der Waals surface area contributed by atoms with Crippen molar-refractivity contribution in [3.8, 4) is 0 Å². The van der Waals surface area contributed by atoms with Crippen LogP contribution in [0, 0.1) is 11.8 Å². The Kier molecular flexibility index (Phi) is 1.59. The fraction of sp³-hybridized carbons (Fsp3) is 1.00. The van der Waals surface area contributed by atoms with Gasteiger partial charge in [-0.3, -0.25) is 0 Å². The van der Waals surface area contributed by atoms with Gasteiger partial charge in [0.15, 0.2) is 0 Å². The molecule has 0 heterocycles. The normalized spacial score (nSPS) is 41.0. The van der Waals surface area contributed by atoms with Crippen LogP contribution >= 0.6 is 0 Å². The van der Waals surface area contributed by atoms with Gasteiger partial charge in [0, 0.05) is 0 Å². The second-order valence-electron chi connectivity index (χ2n) is 2.19. The number of hydrogen-bond donors (Lipinski definition) is 1. The maximum Gasteiger partial charge on any atom is -0.0414 e. The Morgan fingerprint density at radius 2 is 1.33 bits per heavy atom. The van der Waals surface area contributed by atoms with Crippen molar-refractivity contribution in [3.05, 3.63) is 0 Å². The SMILES string of the molecule is CC1CC1C.N. The molecule has 0 aliphatic heterocycles. The van der Waals surface area contributed by atoms with Crippen molar-refractivity contribution in [2.24, 2.45) is 11.8 Å². The lowest BCUT2D eigenvalue weighted by Crippen LogP contribution is -1.58. The minimum Gasteiger partial charge on any atom is -0.344 e. The molecule has 6 heavy (non-hydrogen) atoms. The van der Waals surface area contributed by atoms with E-state index < -0.39 is 0 Å². The summed E-state index contributed by atoms with van der Waals surface area (Å²) < 4.78 is 0. The van der Waals surface area contributed by atoms with E-state index in [0.29, 0.717) is 0 Å². The summed E-state index contributed by atoms with van der Waals surface area (Å²) in [4.78, 5) is 0. The van der Waals surface area contributed by atoms with Gasteiger partial charge in [-0.15, -0.1) is 0 Å². The Bertz CT molecular complexity index is 37.2. The molecule has 1 aliphatic rings. The molecule has 0 aromatic carbocycles. The summed E-state index contributed by atoms with van der Waals surface area (Å²) in [5.41, 5.74) is 0. The first-order valence-corrected chi connectivity index (χ1v) is 2.30. The molecule has 0 bridgehead atoms. The van der Waals surface area contributed by atoms with Gasteiger partial charge in [-0.1, -0.05) is 13.8 Å². The third-order valence-corrected chi connectivity index (χ3v) is 1.51. The molecule has 1 fully saturated rings. The molecule has 1 heteroatoms. The van der Waals surface area contributed by atoms with Gasteiger partial charge in [0.2, 0.25) is 0 Å². The topological polar surface area (TPSA) is 35.0 Å². The van der Waals surface area contributed by atoms with Gasteiger partial charge in [-0.05, 0) is 18.3 Å². The van der Waals surface area contributed by atoms with E-state index >= 15 is 0 Å². The molecular weight excluding hydrogens is 74.1 g/mol. The van der Waals surface area contributed by atoms with Gasteiger partial charge in [-0.25, -0.2) is 0 Å². The van der Waals surface area contributed by atoms with Gasteiger partial charge in [0.1, 0.15) is 0 Å². The van der Waals surface area contributed by atoms with Gasteiger partial charge >= 0.3 is 0 Å². The largest absolute Gasteiger partial charge is 0.344 e. The van der Waals surface area contributed by atoms with Crippen LogP contribution in [0.3, 0.4) is 0 Å². The first-order chi connectivity index (χ1) is 2.30. The first kappa shape index (κ1) is 5.96. The molecule has 1 rings (SSSR count). The highest BCUT2D eigenvalue weighted by Gasteiger charge is 2.26. The van der Waals surface area contributed by atoms with Gasteiger partial charge < -0.3 is 6.15 Å². The maximum absolute atomic E-state index is 2.30. The molecule has 3 N–H and O–H groups in total. The van der Waals surface area contributed by atoms with E-state index in [4.69, 9.17) is 0 Å². The Morgan fingerprint density at radius 3 is 1.33 bits per heavy atom. The van der Waals surface area contributed by atoms with E-state index in [1.165, 1.54) is 6.42 Å². The molecule has 0 amide bonds. The van der Waals surface area contributed by atoms with Crippen molar-refractivity contribution in [3.63, 3.8) is 0 Å². The van der Waals surface area contributed by atoms with Crippen LogP contribution in [0.1, 0.15) is 20.3 Å². The maximum atomic E-state index is 2.30. The lowest BCUT2D eigenvalue weighted by molar-refractivity contribution is 0.834. The summed E-state index contributed by atoms with van der Waals surface area (Å²) in [5, 5.41) is 0. The second-order valence-corrected chi connectivity index (χ2v) is 2.19. The highest BCUT2D eigenvalue weighted by atomic mass is 14.3. The van der Waals surface area contributed by atoms with Crippen molar-refractivity contribution in [1.82, 2.24) is 6.15 Å². The third kappa shape index (κ3) is 0.977. The van der Waals surface area contributed by atoms with Crippen molar-refractivity contribution in [2.75, 3.05) is 0 Å². The summed E-state index contributed by atoms with van der Waals surface area (Å²) in [7, 11) is 0. The van der Waals surface area contributed by atoms with E-state index in [9.17, 15) is 0 Å². The quantitative estimate of drug-likeness (QED) is 0.480. The average Bonchev–Trinajstić information content (AvgIpc) is 1.79. The van der Waals surface area contributed by atoms with Crippen LogP contribution in [0.2, 0.25) is 0 Å². The predicted octanol–water partition coefficient (Wildman–Crippen LogP) is 1.82. The van der Waals surface area contributed by atoms with Crippen LogP contribution in [-0.4, -0.2) is 0 Å². The zero-order valence-electron chi connectivity index (χ0n) is 4.57. The van der Waals surface area contributed by atoms with Crippen molar-refractivity contribution >= 4 is 0 Å². The highest BCUT2D eigenvalue weighted by Crippen LogP contribution is 2.36. The summed E-state index contributed by atoms with van der Waals surface area (Å²) in [6.45, 7) is 4.59. The van der Waals surface area contributed by atoms with Crippen molar-refractivity contribution in [1.29, 1.82) is 0 Å². The molecule has 38 valence electrons. The van der Waals surface area contributed by atoms with E-state index in [0.717, 1.165) is 11.8 Å².